The van der Waals surface area contributed by atoms with Crippen molar-refractivity contribution in [3.8, 4) is 0 Å². The fourth-order valence-electron chi connectivity index (χ4n) is 1.23. The summed E-state index contributed by atoms with van der Waals surface area (Å²) in [5, 5.41) is 6.39. The van der Waals surface area contributed by atoms with Gasteiger partial charge in [-0.15, -0.1) is 0 Å². The largest absolute Gasteiger partial charge is 0.347 e. The second-order valence-electron chi connectivity index (χ2n) is 3.15. The topological polar surface area (TPSA) is 46.9 Å². The van der Waals surface area contributed by atoms with E-state index >= 15 is 0 Å². The van der Waals surface area contributed by atoms with Crippen LogP contribution in [0.2, 0.25) is 0 Å². The van der Waals surface area contributed by atoms with E-state index in [1.807, 2.05) is 40.7 Å². The third kappa shape index (κ3) is 6.18. The summed E-state index contributed by atoms with van der Waals surface area (Å²) in [5.41, 5.74) is 0.200. The highest BCUT2D eigenvalue weighted by Gasteiger charge is 2.19. The van der Waals surface area contributed by atoms with Gasteiger partial charge in [-0.05, 0) is 13.8 Å². The van der Waals surface area contributed by atoms with Crippen LogP contribution >= 0.6 is 0 Å². The molecule has 0 aromatic carbocycles. The molecule has 1 N–H and O–H groups in total. The van der Waals surface area contributed by atoms with Gasteiger partial charge in [0.25, 0.3) is 5.91 Å². The molecule has 0 saturated heterocycles. The quantitative estimate of drug-likeness (QED) is 0.858. The second-order valence-corrected chi connectivity index (χ2v) is 3.15. The number of carbonyl (C=O) groups excluding carboxylic acids is 1. The van der Waals surface area contributed by atoms with Gasteiger partial charge in [0.2, 0.25) is 0 Å². The van der Waals surface area contributed by atoms with Crippen LogP contribution in [0.1, 0.15) is 50.8 Å². The maximum absolute atomic E-state index is 13.4. The molecular weight excluding hydrogens is 245 g/mol. The number of allylic oxidation sites excluding steroid dienone is 1. The molecule has 19 heavy (non-hydrogen) atoms. The fraction of sp³-hybridized carbons (Fsp3) is 0.571. The third-order valence-electron chi connectivity index (χ3n) is 1.98. The van der Waals surface area contributed by atoms with Crippen molar-refractivity contribution in [1.29, 1.82) is 0 Å². The van der Waals surface area contributed by atoms with Gasteiger partial charge in [-0.3, -0.25) is 9.48 Å². The number of nitrogens with one attached hydrogen (secondary N) is 1. The van der Waals surface area contributed by atoms with Crippen molar-refractivity contribution in [3.63, 3.8) is 0 Å². The third-order valence-corrected chi connectivity index (χ3v) is 1.98. The molecule has 0 fully saturated rings. The minimum Gasteiger partial charge on any atom is -0.347 e. The number of carbonyl (C=O) groups is 1. The zero-order valence-electron chi connectivity index (χ0n) is 13.0. The van der Waals surface area contributed by atoms with Crippen LogP contribution in [0.25, 0.3) is 0 Å². The Morgan fingerprint density at radius 3 is 2.26 bits per heavy atom. The highest BCUT2D eigenvalue weighted by atomic mass is 19.1. The molecule has 0 spiro atoms. The molecule has 1 aromatic rings. The average molecular weight is 271 g/mol. The Kier molecular flexibility index (Phi) is 11.9. The van der Waals surface area contributed by atoms with Gasteiger partial charge in [-0.2, -0.15) is 5.10 Å². The molecule has 0 bridgehead atoms. The maximum atomic E-state index is 13.4. The zero-order chi connectivity index (χ0) is 15.4. The van der Waals surface area contributed by atoms with Gasteiger partial charge in [0, 0.05) is 13.6 Å². The molecule has 0 radical (unpaired) electrons. The van der Waals surface area contributed by atoms with Gasteiger partial charge in [0.05, 0.1) is 5.69 Å². The lowest BCUT2D eigenvalue weighted by Gasteiger charge is -2.02. The van der Waals surface area contributed by atoms with Crippen molar-refractivity contribution >= 4 is 5.91 Å². The predicted octanol–water partition coefficient (Wildman–Crippen LogP) is 3.23. The summed E-state index contributed by atoms with van der Waals surface area (Å²) in [6, 6.07) is 0. The number of aryl methyl sites for hydroxylation is 2. The summed E-state index contributed by atoms with van der Waals surface area (Å²) >= 11 is 0. The minimum atomic E-state index is -0.560. The molecule has 110 valence electrons. The van der Waals surface area contributed by atoms with E-state index in [0.717, 1.165) is 0 Å². The first-order valence-corrected chi connectivity index (χ1v) is 6.66. The van der Waals surface area contributed by atoms with Crippen molar-refractivity contribution in [2.75, 3.05) is 6.54 Å². The monoisotopic (exact) mass is 271 g/mol. The molecule has 4 nitrogen and oxygen atoms in total. The molecule has 0 saturated carbocycles. The summed E-state index contributed by atoms with van der Waals surface area (Å²) < 4.78 is 14.7. The predicted molar refractivity (Wildman–Crippen MR) is 77.7 cm³/mol. The maximum Gasteiger partial charge on any atom is 0.272 e. The molecule has 0 aliphatic carbocycles. The Morgan fingerprint density at radius 1 is 1.37 bits per heavy atom. The number of aromatic nitrogens is 2. The molecule has 0 unspecified atom stereocenters. The molecule has 1 amide bonds. The fourth-order valence-corrected chi connectivity index (χ4v) is 1.23. The first kappa shape index (κ1) is 19.7. The van der Waals surface area contributed by atoms with Gasteiger partial charge in [0.15, 0.2) is 11.5 Å². The van der Waals surface area contributed by atoms with E-state index in [0.29, 0.717) is 6.54 Å². The Bertz CT molecular complexity index is 398. The normalized spacial score (nSPS) is 9.26. The molecule has 1 rings (SSSR count). The van der Waals surface area contributed by atoms with Crippen molar-refractivity contribution < 1.29 is 9.18 Å². The minimum absolute atomic E-state index is 0.0306. The smallest absolute Gasteiger partial charge is 0.272 e. The van der Waals surface area contributed by atoms with E-state index in [1.54, 1.807) is 13.1 Å². The van der Waals surface area contributed by atoms with Gasteiger partial charge in [0.1, 0.15) is 0 Å². The SMILES string of the molecule is C/C=C/CNC(=O)c1c(F)c(C)nn1C.CC.CC. The van der Waals surface area contributed by atoms with Gasteiger partial charge in [-0.25, -0.2) is 4.39 Å². The van der Waals surface area contributed by atoms with Gasteiger partial charge < -0.3 is 5.32 Å². The highest BCUT2D eigenvalue weighted by Crippen LogP contribution is 2.09. The van der Waals surface area contributed by atoms with Crippen LogP contribution in [0, 0.1) is 12.7 Å². The van der Waals surface area contributed by atoms with Crippen LogP contribution in [0.15, 0.2) is 12.2 Å². The number of hydrogen-bond donors (Lipinski definition) is 1. The van der Waals surface area contributed by atoms with E-state index in [2.05, 4.69) is 10.4 Å². The van der Waals surface area contributed by atoms with Crippen LogP contribution < -0.4 is 5.32 Å². The van der Waals surface area contributed by atoms with Gasteiger partial charge in [-0.1, -0.05) is 39.8 Å². The Balaban J connectivity index is 0. The van der Waals surface area contributed by atoms with Crippen molar-refractivity contribution in [3.05, 3.63) is 29.4 Å². The summed E-state index contributed by atoms with van der Waals surface area (Å²) in [6.07, 6.45) is 3.59. The first-order valence-electron chi connectivity index (χ1n) is 6.66. The van der Waals surface area contributed by atoms with Crippen molar-refractivity contribution in [2.24, 2.45) is 7.05 Å². The summed E-state index contributed by atoms with van der Waals surface area (Å²) in [7, 11) is 1.54. The van der Waals surface area contributed by atoms with E-state index < -0.39 is 11.7 Å². The summed E-state index contributed by atoms with van der Waals surface area (Å²) in [5.74, 6) is -1.01. The van der Waals surface area contributed by atoms with Crippen molar-refractivity contribution in [1.82, 2.24) is 15.1 Å². The zero-order valence-corrected chi connectivity index (χ0v) is 13.0. The average Bonchev–Trinajstić information content (AvgIpc) is 2.68. The first-order chi connectivity index (χ1) is 9.07. The Hall–Kier alpha value is -1.65. The van der Waals surface area contributed by atoms with Crippen LogP contribution in [0.4, 0.5) is 4.39 Å². The molecule has 0 aliphatic heterocycles. The highest BCUT2D eigenvalue weighted by molar-refractivity contribution is 5.93. The molecular formula is C14H26FN3O. The number of rotatable bonds is 3. The number of amides is 1. The lowest BCUT2D eigenvalue weighted by molar-refractivity contribution is 0.0944. The van der Waals surface area contributed by atoms with Crippen LogP contribution in [-0.4, -0.2) is 22.2 Å². The lowest BCUT2D eigenvalue weighted by Crippen LogP contribution is -2.26. The van der Waals surface area contributed by atoms with E-state index in [9.17, 15) is 9.18 Å². The molecule has 0 aliphatic rings. The van der Waals surface area contributed by atoms with Crippen LogP contribution in [0.3, 0.4) is 0 Å². The second kappa shape index (κ2) is 11.4. The summed E-state index contributed by atoms with van der Waals surface area (Å²) in [6.45, 7) is 11.8. The molecule has 1 heterocycles. The summed E-state index contributed by atoms with van der Waals surface area (Å²) in [4.78, 5) is 11.5. The van der Waals surface area contributed by atoms with Crippen molar-refractivity contribution in [2.45, 2.75) is 41.5 Å². The van der Waals surface area contributed by atoms with E-state index in [1.165, 1.54) is 11.6 Å². The van der Waals surface area contributed by atoms with Gasteiger partial charge >= 0.3 is 0 Å². The van der Waals surface area contributed by atoms with Crippen LogP contribution in [-0.2, 0) is 7.05 Å². The standard InChI is InChI=1S/C10H14FN3O.2C2H6/c1-4-5-6-12-10(15)9-8(11)7(2)13-14(9)3;2*1-2/h4-5H,6H2,1-3H3,(H,12,15);2*1-2H3/b5-4+;;. The van der Waals surface area contributed by atoms with E-state index in [-0.39, 0.29) is 11.4 Å². The molecule has 5 heteroatoms. The Morgan fingerprint density at radius 2 is 1.89 bits per heavy atom. The Labute approximate surface area is 115 Å². The molecule has 0 atom stereocenters. The molecule has 1 aromatic heterocycles. The number of hydrogen-bond acceptors (Lipinski definition) is 2. The van der Waals surface area contributed by atoms with Crippen LogP contribution in [0.5, 0.6) is 0 Å². The number of nitrogens with zero attached hydrogens (tertiary/aromatic N) is 2. The lowest BCUT2D eigenvalue weighted by atomic mass is 10.3. The van der Waals surface area contributed by atoms with E-state index in [4.69, 9.17) is 0 Å². The number of halogens is 1.